The number of rotatable bonds is 8. The quantitative estimate of drug-likeness (QED) is 0.651. The lowest BCUT2D eigenvalue weighted by Crippen LogP contribution is -2.41. The highest BCUT2D eigenvalue weighted by molar-refractivity contribution is 5.92. The van der Waals surface area contributed by atoms with E-state index in [-0.39, 0.29) is 30.3 Å². The lowest BCUT2D eigenvalue weighted by molar-refractivity contribution is -0.147. The van der Waals surface area contributed by atoms with Crippen LogP contribution in [0.1, 0.15) is 56.4 Å². The number of carbonyl (C=O) groups excluding carboxylic acids is 1. The predicted octanol–water partition coefficient (Wildman–Crippen LogP) is 3.63. The first-order valence-electron chi connectivity index (χ1n) is 10.8. The SMILES string of the molecule is O=C(NC1CC2CCC1C2)C1=C[C@H](c2ccc(F)cc2)C[C@H](OCCCCO)O1. The van der Waals surface area contributed by atoms with Gasteiger partial charge in [0.25, 0.3) is 5.91 Å². The van der Waals surface area contributed by atoms with Gasteiger partial charge in [-0.25, -0.2) is 4.39 Å². The second kappa shape index (κ2) is 9.26. The molecule has 0 radical (unpaired) electrons. The maximum atomic E-state index is 13.3. The zero-order valence-corrected chi connectivity index (χ0v) is 16.7. The Kier molecular flexibility index (Phi) is 6.50. The molecule has 2 fully saturated rings. The molecule has 0 aromatic heterocycles. The summed E-state index contributed by atoms with van der Waals surface area (Å²) in [5.74, 6) is 1.09. The van der Waals surface area contributed by atoms with Gasteiger partial charge >= 0.3 is 0 Å². The fraction of sp³-hybridized carbons (Fsp3) is 0.609. The van der Waals surface area contributed by atoms with E-state index < -0.39 is 6.29 Å². The number of hydrogen-bond acceptors (Lipinski definition) is 4. The molecule has 5 atom stereocenters. The van der Waals surface area contributed by atoms with Gasteiger partial charge in [0.1, 0.15) is 5.82 Å². The fourth-order valence-electron chi connectivity index (χ4n) is 4.95. The molecule has 2 saturated carbocycles. The van der Waals surface area contributed by atoms with Crippen molar-refractivity contribution in [2.24, 2.45) is 11.8 Å². The molecule has 3 unspecified atom stereocenters. The summed E-state index contributed by atoms with van der Waals surface area (Å²) >= 11 is 0. The summed E-state index contributed by atoms with van der Waals surface area (Å²) in [6, 6.07) is 6.60. The van der Waals surface area contributed by atoms with Gasteiger partial charge in [0.15, 0.2) is 5.76 Å². The van der Waals surface area contributed by atoms with E-state index in [2.05, 4.69) is 5.32 Å². The number of aliphatic hydroxyl groups is 1. The van der Waals surface area contributed by atoms with E-state index in [1.807, 2.05) is 6.08 Å². The first-order chi connectivity index (χ1) is 14.1. The van der Waals surface area contributed by atoms with Crippen LogP contribution in [0, 0.1) is 17.7 Å². The van der Waals surface area contributed by atoms with Crippen LogP contribution in [0.5, 0.6) is 0 Å². The van der Waals surface area contributed by atoms with Gasteiger partial charge in [-0.2, -0.15) is 0 Å². The van der Waals surface area contributed by atoms with Crippen molar-refractivity contribution in [1.29, 1.82) is 0 Å². The Bertz CT molecular complexity index is 735. The minimum absolute atomic E-state index is 0.0760. The topological polar surface area (TPSA) is 67.8 Å². The first kappa shape index (κ1) is 20.4. The molecular formula is C23H30FNO4. The highest BCUT2D eigenvalue weighted by Crippen LogP contribution is 2.44. The lowest BCUT2D eigenvalue weighted by atomic mass is 9.92. The van der Waals surface area contributed by atoms with Crippen molar-refractivity contribution in [2.45, 2.75) is 63.2 Å². The van der Waals surface area contributed by atoms with Crippen LogP contribution in [0.3, 0.4) is 0 Å². The van der Waals surface area contributed by atoms with Crippen LogP contribution in [-0.4, -0.2) is 36.6 Å². The molecule has 6 heteroatoms. The number of carbonyl (C=O) groups is 1. The Balaban J connectivity index is 1.44. The van der Waals surface area contributed by atoms with Crippen LogP contribution in [0.2, 0.25) is 0 Å². The molecule has 5 nitrogen and oxygen atoms in total. The zero-order valence-electron chi connectivity index (χ0n) is 16.7. The number of fused-ring (bicyclic) bond motifs is 2. The monoisotopic (exact) mass is 403 g/mol. The summed E-state index contributed by atoms with van der Waals surface area (Å²) in [5, 5.41) is 12.1. The van der Waals surface area contributed by atoms with Crippen molar-refractivity contribution in [3.05, 3.63) is 47.5 Å². The summed E-state index contributed by atoms with van der Waals surface area (Å²) in [6.45, 7) is 0.590. The molecule has 0 saturated heterocycles. The molecule has 1 heterocycles. The molecule has 0 spiro atoms. The highest BCUT2D eigenvalue weighted by atomic mass is 19.1. The summed E-state index contributed by atoms with van der Waals surface area (Å²) < 4.78 is 25.0. The zero-order chi connectivity index (χ0) is 20.2. The van der Waals surface area contributed by atoms with Crippen molar-refractivity contribution in [2.75, 3.05) is 13.2 Å². The lowest BCUT2D eigenvalue weighted by Gasteiger charge is -2.30. The maximum absolute atomic E-state index is 13.3. The second-order valence-electron chi connectivity index (χ2n) is 8.53. The number of aliphatic hydroxyl groups excluding tert-OH is 1. The van der Waals surface area contributed by atoms with Gasteiger partial charge in [0.05, 0.1) is 6.61 Å². The molecule has 1 aliphatic heterocycles. The van der Waals surface area contributed by atoms with Gasteiger partial charge < -0.3 is 19.9 Å². The van der Waals surface area contributed by atoms with Gasteiger partial charge in [-0.1, -0.05) is 18.6 Å². The smallest absolute Gasteiger partial charge is 0.286 e. The Morgan fingerprint density at radius 1 is 1.17 bits per heavy atom. The maximum Gasteiger partial charge on any atom is 0.286 e. The average Bonchev–Trinajstić information content (AvgIpc) is 3.35. The second-order valence-corrected chi connectivity index (χ2v) is 8.53. The number of benzene rings is 1. The van der Waals surface area contributed by atoms with Crippen LogP contribution in [0.4, 0.5) is 4.39 Å². The van der Waals surface area contributed by atoms with Crippen LogP contribution < -0.4 is 5.32 Å². The molecule has 1 aromatic rings. The number of allylic oxidation sites excluding steroid dienone is 1. The van der Waals surface area contributed by atoms with Crippen molar-refractivity contribution < 1.29 is 23.8 Å². The third kappa shape index (κ3) is 4.98. The molecule has 2 aliphatic carbocycles. The van der Waals surface area contributed by atoms with E-state index in [1.54, 1.807) is 12.1 Å². The third-order valence-corrected chi connectivity index (χ3v) is 6.49. The number of hydrogen-bond donors (Lipinski definition) is 2. The van der Waals surface area contributed by atoms with E-state index in [1.165, 1.54) is 31.4 Å². The Hall–Kier alpha value is -1.92. The van der Waals surface area contributed by atoms with Crippen molar-refractivity contribution in [3.63, 3.8) is 0 Å². The van der Waals surface area contributed by atoms with E-state index in [0.717, 1.165) is 24.3 Å². The van der Waals surface area contributed by atoms with Crippen LogP contribution in [0.25, 0.3) is 0 Å². The summed E-state index contributed by atoms with van der Waals surface area (Å²) in [5.41, 5.74) is 0.934. The standard InChI is InChI=1S/C23H30FNO4/c24-19-7-5-16(6-8-19)18-13-21(29-22(14-18)28-10-2-1-9-26)23(27)25-20-12-15-3-4-17(20)11-15/h5-8,13,15,17-18,20,22,26H,1-4,9-12,14H2,(H,25,27)/t15?,17?,18-,20?,22+/m0/s1. The van der Waals surface area contributed by atoms with E-state index in [9.17, 15) is 9.18 Å². The van der Waals surface area contributed by atoms with Gasteiger partial charge in [0, 0.05) is 25.0 Å². The van der Waals surface area contributed by atoms with Crippen LogP contribution >= 0.6 is 0 Å². The minimum Gasteiger partial charge on any atom is -0.459 e. The Labute approximate surface area is 171 Å². The summed E-state index contributed by atoms with van der Waals surface area (Å²) in [6.07, 6.45) is 8.03. The van der Waals surface area contributed by atoms with E-state index in [4.69, 9.17) is 14.6 Å². The van der Waals surface area contributed by atoms with Gasteiger partial charge in [-0.05, 0) is 67.7 Å². The van der Waals surface area contributed by atoms with Crippen LogP contribution in [-0.2, 0) is 14.3 Å². The summed E-state index contributed by atoms with van der Waals surface area (Å²) in [7, 11) is 0. The molecular weight excluding hydrogens is 373 g/mol. The molecule has 2 N–H and O–H groups in total. The fourth-order valence-corrected chi connectivity index (χ4v) is 4.95. The highest BCUT2D eigenvalue weighted by Gasteiger charge is 2.41. The largest absolute Gasteiger partial charge is 0.459 e. The molecule has 3 aliphatic rings. The van der Waals surface area contributed by atoms with E-state index >= 15 is 0 Å². The molecule has 158 valence electrons. The number of amides is 1. The minimum atomic E-state index is -0.533. The normalized spacial score (nSPS) is 30.7. The first-order valence-corrected chi connectivity index (χ1v) is 10.8. The molecule has 29 heavy (non-hydrogen) atoms. The molecule has 2 bridgehead atoms. The van der Waals surface area contributed by atoms with Crippen molar-refractivity contribution >= 4 is 5.91 Å². The molecule has 4 rings (SSSR count). The number of nitrogens with one attached hydrogen (secondary N) is 1. The van der Waals surface area contributed by atoms with Crippen molar-refractivity contribution in [3.8, 4) is 0 Å². The van der Waals surface area contributed by atoms with Gasteiger partial charge in [-0.15, -0.1) is 0 Å². The third-order valence-electron chi connectivity index (χ3n) is 6.49. The number of ether oxygens (including phenoxy) is 2. The predicted molar refractivity (Wildman–Crippen MR) is 106 cm³/mol. The average molecular weight is 403 g/mol. The van der Waals surface area contributed by atoms with Gasteiger partial charge in [0.2, 0.25) is 6.29 Å². The Morgan fingerprint density at radius 2 is 2.00 bits per heavy atom. The number of halogens is 1. The van der Waals surface area contributed by atoms with E-state index in [0.29, 0.717) is 31.1 Å². The van der Waals surface area contributed by atoms with Gasteiger partial charge in [-0.3, -0.25) is 4.79 Å². The summed E-state index contributed by atoms with van der Waals surface area (Å²) in [4.78, 5) is 12.9. The van der Waals surface area contributed by atoms with Crippen LogP contribution in [0.15, 0.2) is 36.1 Å². The van der Waals surface area contributed by atoms with Crippen molar-refractivity contribution in [1.82, 2.24) is 5.32 Å². The molecule has 1 amide bonds. The number of unbranched alkanes of at least 4 members (excludes halogenated alkanes) is 1. The molecule has 1 aromatic carbocycles. The Morgan fingerprint density at radius 3 is 2.69 bits per heavy atom.